The molecular formula is C18H24N4. The van der Waals surface area contributed by atoms with E-state index in [1.165, 1.54) is 54.3 Å². The van der Waals surface area contributed by atoms with E-state index in [1.807, 2.05) is 0 Å². The Hall–Kier alpha value is -1.81. The predicted octanol–water partition coefficient (Wildman–Crippen LogP) is 2.96. The molecule has 2 aromatic rings. The van der Waals surface area contributed by atoms with Gasteiger partial charge in [-0.1, -0.05) is 18.2 Å². The van der Waals surface area contributed by atoms with Crippen molar-refractivity contribution in [1.29, 1.82) is 0 Å². The largest absolute Gasteiger partial charge is 0.369 e. The average Bonchev–Trinajstić information content (AvgIpc) is 3.11. The van der Waals surface area contributed by atoms with E-state index in [4.69, 9.17) is 5.10 Å². The van der Waals surface area contributed by atoms with Gasteiger partial charge in [0.15, 0.2) is 0 Å². The van der Waals surface area contributed by atoms with E-state index in [-0.39, 0.29) is 0 Å². The smallest absolute Gasteiger partial charge is 0.133 e. The second-order valence-corrected chi connectivity index (χ2v) is 6.67. The molecule has 0 bridgehead atoms. The molecule has 1 N–H and O–H groups in total. The minimum absolute atomic E-state index is 0.620. The van der Waals surface area contributed by atoms with Crippen LogP contribution in [0.25, 0.3) is 5.69 Å². The van der Waals surface area contributed by atoms with E-state index < -0.39 is 0 Å². The molecule has 4 nitrogen and oxygen atoms in total. The number of aromatic nitrogens is 2. The number of benzene rings is 1. The second kappa shape index (κ2) is 5.43. The molecule has 0 spiro atoms. The Morgan fingerprint density at radius 2 is 1.95 bits per heavy atom. The predicted molar refractivity (Wildman–Crippen MR) is 90.0 cm³/mol. The van der Waals surface area contributed by atoms with Gasteiger partial charge in [-0.25, -0.2) is 4.68 Å². The molecule has 0 amide bonds. The van der Waals surface area contributed by atoms with Crippen LogP contribution >= 0.6 is 0 Å². The highest BCUT2D eigenvalue weighted by Gasteiger charge is 2.29. The van der Waals surface area contributed by atoms with Crippen LogP contribution in [0.5, 0.6) is 0 Å². The molecule has 2 aliphatic rings. The van der Waals surface area contributed by atoms with Gasteiger partial charge < -0.3 is 10.2 Å². The van der Waals surface area contributed by atoms with Gasteiger partial charge in [-0.3, -0.25) is 0 Å². The first-order chi connectivity index (χ1) is 10.7. The van der Waals surface area contributed by atoms with Gasteiger partial charge in [0.05, 0.1) is 11.4 Å². The molecule has 116 valence electrons. The van der Waals surface area contributed by atoms with Crippen LogP contribution in [0.15, 0.2) is 24.3 Å². The Morgan fingerprint density at radius 1 is 1.18 bits per heavy atom. The lowest BCUT2D eigenvalue weighted by Crippen LogP contribution is -2.29. The Morgan fingerprint density at radius 3 is 2.73 bits per heavy atom. The first-order valence-electron chi connectivity index (χ1n) is 8.34. The van der Waals surface area contributed by atoms with Crippen molar-refractivity contribution in [3.63, 3.8) is 0 Å². The van der Waals surface area contributed by atoms with Crippen molar-refractivity contribution in [1.82, 2.24) is 14.7 Å². The Balaban J connectivity index is 1.76. The molecule has 0 unspecified atom stereocenters. The third kappa shape index (κ3) is 2.22. The van der Waals surface area contributed by atoms with Crippen molar-refractivity contribution in [3.8, 4) is 5.69 Å². The van der Waals surface area contributed by atoms with E-state index in [0.717, 1.165) is 13.0 Å². The molecule has 0 radical (unpaired) electrons. The van der Waals surface area contributed by atoms with Crippen LogP contribution in [0, 0.1) is 6.92 Å². The Kier molecular flexibility index (Phi) is 3.41. The number of piperidine rings is 1. The summed E-state index contributed by atoms with van der Waals surface area (Å²) in [6.07, 6.45) is 3.57. The molecule has 1 saturated heterocycles. The molecule has 1 aromatic carbocycles. The van der Waals surface area contributed by atoms with Crippen molar-refractivity contribution in [2.75, 3.05) is 32.0 Å². The molecule has 22 heavy (non-hydrogen) atoms. The molecular weight excluding hydrogens is 272 g/mol. The van der Waals surface area contributed by atoms with E-state index in [0.29, 0.717) is 5.92 Å². The number of aryl methyl sites for hydroxylation is 1. The molecule has 1 fully saturated rings. The zero-order valence-corrected chi connectivity index (χ0v) is 13.5. The van der Waals surface area contributed by atoms with E-state index in [9.17, 15) is 0 Å². The molecule has 0 atom stereocenters. The minimum Gasteiger partial charge on any atom is -0.369 e. The summed E-state index contributed by atoms with van der Waals surface area (Å²) in [5.41, 5.74) is 5.28. The highest BCUT2D eigenvalue weighted by molar-refractivity contribution is 5.59. The topological polar surface area (TPSA) is 33.1 Å². The number of fused-ring (bicyclic) bond motifs is 1. The number of nitrogens with zero attached hydrogens (tertiary/aromatic N) is 3. The summed E-state index contributed by atoms with van der Waals surface area (Å²) in [5.74, 6) is 1.85. The number of nitrogens with one attached hydrogen (secondary N) is 1. The maximum Gasteiger partial charge on any atom is 0.133 e. The van der Waals surface area contributed by atoms with Gasteiger partial charge >= 0.3 is 0 Å². The minimum atomic E-state index is 0.620. The lowest BCUT2D eigenvalue weighted by Gasteiger charge is -2.28. The molecule has 0 aliphatic carbocycles. The van der Waals surface area contributed by atoms with Gasteiger partial charge in [0.1, 0.15) is 5.82 Å². The summed E-state index contributed by atoms with van der Waals surface area (Å²) in [5, 5.41) is 8.60. The van der Waals surface area contributed by atoms with Crippen LogP contribution in [0.3, 0.4) is 0 Å². The first-order valence-corrected chi connectivity index (χ1v) is 8.34. The van der Waals surface area contributed by atoms with Crippen molar-refractivity contribution in [3.05, 3.63) is 41.1 Å². The third-order valence-electron chi connectivity index (χ3n) is 5.13. The van der Waals surface area contributed by atoms with Crippen LogP contribution in [0.2, 0.25) is 0 Å². The fourth-order valence-corrected chi connectivity index (χ4v) is 3.79. The molecule has 1 aromatic heterocycles. The second-order valence-electron chi connectivity index (χ2n) is 6.67. The van der Waals surface area contributed by atoms with Crippen LogP contribution in [-0.2, 0) is 6.42 Å². The van der Waals surface area contributed by atoms with Crippen LogP contribution in [0.1, 0.15) is 35.6 Å². The van der Waals surface area contributed by atoms with Gasteiger partial charge in [-0.2, -0.15) is 5.10 Å². The van der Waals surface area contributed by atoms with Crippen LogP contribution in [0.4, 0.5) is 5.82 Å². The Labute approximate surface area is 132 Å². The standard InChI is InChI=1S/C18H24N4/c1-13-5-3-4-6-16(13)22-18-15(7-10-19-18)17(20-22)14-8-11-21(2)12-9-14/h3-6,14,19H,7-12H2,1-2H3. The zero-order valence-electron chi connectivity index (χ0n) is 13.5. The number of rotatable bonds is 2. The van der Waals surface area contributed by atoms with Crippen molar-refractivity contribution >= 4 is 5.82 Å². The van der Waals surface area contributed by atoms with Gasteiger partial charge in [0, 0.05) is 18.0 Å². The van der Waals surface area contributed by atoms with Crippen molar-refractivity contribution in [2.24, 2.45) is 0 Å². The fourth-order valence-electron chi connectivity index (χ4n) is 3.79. The molecule has 0 saturated carbocycles. The first kappa shape index (κ1) is 13.8. The quantitative estimate of drug-likeness (QED) is 0.925. The number of hydrogen-bond donors (Lipinski definition) is 1. The number of likely N-dealkylation sites (tertiary alicyclic amines) is 1. The summed E-state index contributed by atoms with van der Waals surface area (Å²) in [4.78, 5) is 2.42. The van der Waals surface area contributed by atoms with E-state index in [1.54, 1.807) is 0 Å². The Bertz CT molecular complexity index is 680. The SMILES string of the molecule is Cc1ccccc1-n1nc(C2CCN(C)CC2)c2c1NCC2. The summed E-state index contributed by atoms with van der Waals surface area (Å²) in [6.45, 7) is 5.57. The zero-order chi connectivity index (χ0) is 15.1. The normalized spacial score (nSPS) is 19.2. The third-order valence-corrected chi connectivity index (χ3v) is 5.13. The van der Waals surface area contributed by atoms with E-state index in [2.05, 4.69) is 53.1 Å². The number of anilines is 1. The van der Waals surface area contributed by atoms with Gasteiger partial charge in [0.2, 0.25) is 0 Å². The van der Waals surface area contributed by atoms with Gasteiger partial charge in [-0.15, -0.1) is 0 Å². The monoisotopic (exact) mass is 296 g/mol. The van der Waals surface area contributed by atoms with Gasteiger partial charge in [-0.05, 0) is 58.0 Å². The maximum atomic E-state index is 5.05. The van der Waals surface area contributed by atoms with Crippen LogP contribution in [-0.4, -0.2) is 41.4 Å². The highest BCUT2D eigenvalue weighted by Crippen LogP contribution is 2.37. The van der Waals surface area contributed by atoms with Crippen molar-refractivity contribution < 1.29 is 0 Å². The van der Waals surface area contributed by atoms with Crippen LogP contribution < -0.4 is 5.32 Å². The molecule has 4 heteroatoms. The highest BCUT2D eigenvalue weighted by atomic mass is 15.3. The summed E-state index contributed by atoms with van der Waals surface area (Å²) >= 11 is 0. The summed E-state index contributed by atoms with van der Waals surface area (Å²) < 4.78 is 2.14. The molecule has 2 aliphatic heterocycles. The summed E-state index contributed by atoms with van der Waals surface area (Å²) in [7, 11) is 2.22. The van der Waals surface area contributed by atoms with E-state index >= 15 is 0 Å². The lowest BCUT2D eigenvalue weighted by molar-refractivity contribution is 0.252. The fraction of sp³-hybridized carbons (Fsp3) is 0.500. The number of para-hydroxylation sites is 1. The molecule has 4 rings (SSSR count). The summed E-state index contributed by atoms with van der Waals surface area (Å²) in [6, 6.07) is 8.52. The van der Waals surface area contributed by atoms with Gasteiger partial charge in [0.25, 0.3) is 0 Å². The lowest BCUT2D eigenvalue weighted by atomic mass is 9.91. The van der Waals surface area contributed by atoms with Crippen molar-refractivity contribution in [2.45, 2.75) is 32.1 Å². The maximum absolute atomic E-state index is 5.05. The number of hydrogen-bond acceptors (Lipinski definition) is 3. The molecule has 3 heterocycles. The average molecular weight is 296 g/mol.